The zero-order chi connectivity index (χ0) is 17.6. The molecule has 3 aromatic rings. The molecule has 0 aliphatic carbocycles. The van der Waals surface area contributed by atoms with Gasteiger partial charge in [0, 0.05) is 17.4 Å². The van der Waals surface area contributed by atoms with E-state index in [4.69, 9.17) is 4.74 Å². The molecule has 2 aromatic carbocycles. The van der Waals surface area contributed by atoms with Crippen molar-refractivity contribution in [1.29, 1.82) is 0 Å². The smallest absolute Gasteiger partial charge is 0.230 e. The monoisotopic (exact) mass is 333 g/mol. The fraction of sp³-hybridized carbons (Fsp3) is 0.238. The molecule has 128 valence electrons. The lowest BCUT2D eigenvalue weighted by Gasteiger charge is -2.10. The largest absolute Gasteiger partial charge is 0.473 e. The third-order valence-corrected chi connectivity index (χ3v) is 3.89. The van der Waals surface area contributed by atoms with E-state index in [1.54, 1.807) is 0 Å². The molecule has 0 aliphatic rings. The molecule has 4 heteroatoms. The molecule has 0 spiro atoms. The fourth-order valence-corrected chi connectivity index (χ4v) is 2.63. The lowest BCUT2D eigenvalue weighted by molar-refractivity contribution is 0.293. The highest BCUT2D eigenvalue weighted by Crippen LogP contribution is 2.19. The number of aryl methyl sites for hydroxylation is 3. The van der Waals surface area contributed by atoms with E-state index in [0.29, 0.717) is 18.4 Å². The first-order valence-electron chi connectivity index (χ1n) is 8.52. The predicted molar refractivity (Wildman–Crippen MR) is 101 cm³/mol. The van der Waals surface area contributed by atoms with Gasteiger partial charge in [-0.05, 0) is 43.5 Å². The number of anilines is 2. The average molecular weight is 333 g/mol. The number of aromatic nitrogens is 2. The molecule has 0 radical (unpaired) electrons. The van der Waals surface area contributed by atoms with Crippen molar-refractivity contribution in [1.82, 2.24) is 9.97 Å². The maximum Gasteiger partial charge on any atom is 0.230 e. The van der Waals surface area contributed by atoms with Crippen LogP contribution in [0.3, 0.4) is 0 Å². The normalized spacial score (nSPS) is 10.5. The molecule has 25 heavy (non-hydrogen) atoms. The molecule has 0 unspecified atom stereocenters. The van der Waals surface area contributed by atoms with Gasteiger partial charge >= 0.3 is 0 Å². The highest BCUT2D eigenvalue weighted by molar-refractivity contribution is 5.54. The van der Waals surface area contributed by atoms with Crippen LogP contribution >= 0.6 is 0 Å². The molecule has 0 saturated heterocycles. The second kappa shape index (κ2) is 7.79. The fourth-order valence-electron chi connectivity index (χ4n) is 2.63. The molecule has 0 bridgehead atoms. The SMILES string of the molecule is CCc1cccc(Nc2nc(C)cc(OCc3cccc(C)c3)n2)c1. The van der Waals surface area contributed by atoms with Crippen LogP contribution in [0.15, 0.2) is 54.6 Å². The van der Waals surface area contributed by atoms with Gasteiger partial charge in [-0.1, -0.05) is 48.9 Å². The first kappa shape index (κ1) is 17.0. The Kier molecular flexibility index (Phi) is 5.29. The van der Waals surface area contributed by atoms with Gasteiger partial charge in [-0.15, -0.1) is 0 Å². The predicted octanol–water partition coefficient (Wildman–Crippen LogP) is 4.98. The molecule has 1 aromatic heterocycles. The summed E-state index contributed by atoms with van der Waals surface area (Å²) in [5.74, 6) is 1.12. The number of benzene rings is 2. The minimum Gasteiger partial charge on any atom is -0.473 e. The Morgan fingerprint density at radius 3 is 2.52 bits per heavy atom. The van der Waals surface area contributed by atoms with Crippen molar-refractivity contribution < 1.29 is 4.74 Å². The zero-order valence-electron chi connectivity index (χ0n) is 14.9. The molecule has 1 N–H and O–H groups in total. The van der Waals surface area contributed by atoms with Crippen molar-refractivity contribution in [3.05, 3.63) is 77.0 Å². The second-order valence-electron chi connectivity index (χ2n) is 6.13. The molecule has 1 heterocycles. The molecule has 0 amide bonds. The quantitative estimate of drug-likeness (QED) is 0.691. The number of rotatable bonds is 6. The summed E-state index contributed by atoms with van der Waals surface area (Å²) in [6.07, 6.45) is 0.995. The van der Waals surface area contributed by atoms with Gasteiger partial charge in [0.05, 0.1) is 0 Å². The Labute approximate surface area is 148 Å². The van der Waals surface area contributed by atoms with E-state index >= 15 is 0 Å². The van der Waals surface area contributed by atoms with Gasteiger partial charge in [0.15, 0.2) is 0 Å². The highest BCUT2D eigenvalue weighted by Gasteiger charge is 2.05. The van der Waals surface area contributed by atoms with Crippen molar-refractivity contribution >= 4 is 11.6 Å². The summed E-state index contributed by atoms with van der Waals surface area (Å²) in [5, 5.41) is 3.26. The van der Waals surface area contributed by atoms with Gasteiger partial charge in [-0.3, -0.25) is 0 Å². The summed E-state index contributed by atoms with van der Waals surface area (Å²) in [6, 6.07) is 18.4. The maximum absolute atomic E-state index is 5.86. The number of hydrogen-bond donors (Lipinski definition) is 1. The van der Waals surface area contributed by atoms with Crippen LogP contribution in [-0.2, 0) is 13.0 Å². The summed E-state index contributed by atoms with van der Waals surface area (Å²) < 4.78 is 5.86. The van der Waals surface area contributed by atoms with Gasteiger partial charge < -0.3 is 10.1 Å². The Bertz CT molecular complexity index is 861. The molecular weight excluding hydrogens is 310 g/mol. The van der Waals surface area contributed by atoms with E-state index in [2.05, 4.69) is 59.5 Å². The summed E-state index contributed by atoms with van der Waals surface area (Å²) >= 11 is 0. The summed E-state index contributed by atoms with van der Waals surface area (Å²) in [4.78, 5) is 8.93. The first-order chi connectivity index (χ1) is 12.1. The van der Waals surface area contributed by atoms with E-state index in [-0.39, 0.29) is 0 Å². The van der Waals surface area contributed by atoms with Crippen molar-refractivity contribution in [3.63, 3.8) is 0 Å². The van der Waals surface area contributed by atoms with Crippen LogP contribution in [0.1, 0.15) is 29.3 Å². The maximum atomic E-state index is 5.86. The molecule has 0 fully saturated rings. The number of nitrogens with zero attached hydrogens (tertiary/aromatic N) is 2. The molecule has 0 saturated carbocycles. The van der Waals surface area contributed by atoms with Gasteiger partial charge in [-0.25, -0.2) is 4.98 Å². The Balaban J connectivity index is 1.73. The lowest BCUT2D eigenvalue weighted by Crippen LogP contribution is -2.03. The average Bonchev–Trinajstić information content (AvgIpc) is 2.60. The van der Waals surface area contributed by atoms with Crippen molar-refractivity contribution in [2.45, 2.75) is 33.8 Å². The summed E-state index contributed by atoms with van der Waals surface area (Å²) in [7, 11) is 0. The van der Waals surface area contributed by atoms with Crippen LogP contribution in [0.2, 0.25) is 0 Å². The van der Waals surface area contributed by atoms with E-state index in [1.807, 2.05) is 31.2 Å². The zero-order valence-corrected chi connectivity index (χ0v) is 14.9. The number of ether oxygens (including phenoxy) is 1. The van der Waals surface area contributed by atoms with Crippen LogP contribution in [0.4, 0.5) is 11.6 Å². The van der Waals surface area contributed by atoms with Crippen LogP contribution in [0.25, 0.3) is 0 Å². The van der Waals surface area contributed by atoms with Crippen LogP contribution in [0, 0.1) is 13.8 Å². The van der Waals surface area contributed by atoms with E-state index < -0.39 is 0 Å². The Morgan fingerprint density at radius 1 is 0.920 bits per heavy atom. The van der Waals surface area contributed by atoms with Crippen LogP contribution in [-0.4, -0.2) is 9.97 Å². The molecule has 4 nitrogen and oxygen atoms in total. The molecular formula is C21H23N3O. The first-order valence-corrected chi connectivity index (χ1v) is 8.52. The van der Waals surface area contributed by atoms with Crippen molar-refractivity contribution in [2.75, 3.05) is 5.32 Å². The molecule has 0 atom stereocenters. The standard InChI is InChI=1S/C21H23N3O/c1-4-17-8-6-10-19(13-17)23-21-22-16(3)12-20(24-21)25-14-18-9-5-7-15(2)11-18/h5-13H,4,14H2,1-3H3,(H,22,23,24). The third kappa shape index (κ3) is 4.80. The van der Waals surface area contributed by atoms with Gasteiger partial charge in [-0.2, -0.15) is 4.98 Å². The van der Waals surface area contributed by atoms with Gasteiger partial charge in [0.2, 0.25) is 11.8 Å². The Morgan fingerprint density at radius 2 is 1.72 bits per heavy atom. The van der Waals surface area contributed by atoms with E-state index in [1.165, 1.54) is 11.1 Å². The summed E-state index contributed by atoms with van der Waals surface area (Å²) in [5.41, 5.74) is 5.46. The number of hydrogen-bond acceptors (Lipinski definition) is 4. The number of nitrogens with one attached hydrogen (secondary N) is 1. The topological polar surface area (TPSA) is 47.0 Å². The van der Waals surface area contributed by atoms with Crippen molar-refractivity contribution in [2.24, 2.45) is 0 Å². The van der Waals surface area contributed by atoms with Crippen LogP contribution < -0.4 is 10.1 Å². The van der Waals surface area contributed by atoms with Gasteiger partial charge in [0.1, 0.15) is 6.61 Å². The molecule has 0 aliphatic heterocycles. The lowest BCUT2D eigenvalue weighted by atomic mass is 10.1. The third-order valence-electron chi connectivity index (χ3n) is 3.89. The van der Waals surface area contributed by atoms with Crippen molar-refractivity contribution in [3.8, 4) is 5.88 Å². The Hall–Kier alpha value is -2.88. The van der Waals surface area contributed by atoms with E-state index in [0.717, 1.165) is 23.4 Å². The minimum absolute atomic E-state index is 0.489. The second-order valence-corrected chi connectivity index (χ2v) is 6.13. The van der Waals surface area contributed by atoms with Gasteiger partial charge in [0.25, 0.3) is 0 Å². The minimum atomic E-state index is 0.489. The molecule has 3 rings (SSSR count). The highest BCUT2D eigenvalue weighted by atomic mass is 16.5. The van der Waals surface area contributed by atoms with E-state index in [9.17, 15) is 0 Å². The van der Waals surface area contributed by atoms with Crippen LogP contribution in [0.5, 0.6) is 5.88 Å². The summed E-state index contributed by atoms with van der Waals surface area (Å²) in [6.45, 7) is 6.64.